The number of hydrogen-bond donors (Lipinski definition) is 1. The van der Waals surface area contributed by atoms with Crippen molar-refractivity contribution >= 4 is 48.7 Å². The number of anilines is 1. The Morgan fingerprint density at radius 1 is 0.750 bits per heavy atom. The van der Waals surface area contributed by atoms with Gasteiger partial charge >= 0.3 is 0 Å². The van der Waals surface area contributed by atoms with Gasteiger partial charge in [0, 0.05) is 21.9 Å². The molecule has 5 aromatic rings. The van der Waals surface area contributed by atoms with Crippen LogP contribution in [-0.4, -0.2) is 27.7 Å². The van der Waals surface area contributed by atoms with Gasteiger partial charge in [-0.2, -0.15) is 0 Å². The Labute approximate surface area is 263 Å². The standard InChI is InChI=1S/C32H23Cl2FN2O5S2/c1-43(39,40)24-6-4-5-21(17-24)25-18-28(44(41,42)27-8-3-2-7-26(27)35)31-36-29(19-9-13-22(33)14-10-19)30(37(31)32(25)38)20-11-15-23(34)16-12-20/h2-18,29-30,36H,1H3/t29-,30+/m1/s1. The van der Waals surface area contributed by atoms with Crippen LogP contribution in [0.2, 0.25) is 10.0 Å². The molecule has 1 aromatic heterocycles. The average molecular weight is 670 g/mol. The third-order valence-corrected chi connectivity index (χ3v) is 10.9. The topological polar surface area (TPSA) is 102 Å². The van der Waals surface area contributed by atoms with E-state index in [2.05, 4.69) is 5.32 Å². The molecular formula is C32H23Cl2FN2O5S2. The summed E-state index contributed by atoms with van der Waals surface area (Å²) in [5, 5.41) is 4.19. The molecule has 1 aliphatic rings. The van der Waals surface area contributed by atoms with Crippen LogP contribution in [0.25, 0.3) is 11.1 Å². The number of rotatable bonds is 6. The Kier molecular flexibility index (Phi) is 7.65. The highest BCUT2D eigenvalue weighted by Gasteiger charge is 2.40. The summed E-state index contributed by atoms with van der Waals surface area (Å²) in [5.41, 5.74) is 0.864. The smallest absolute Gasteiger partial charge is 0.260 e. The minimum atomic E-state index is -4.56. The molecule has 2 heterocycles. The van der Waals surface area contributed by atoms with E-state index in [0.717, 1.165) is 18.4 Å². The van der Waals surface area contributed by atoms with Crippen molar-refractivity contribution in [1.82, 2.24) is 4.57 Å². The van der Waals surface area contributed by atoms with Gasteiger partial charge in [-0.1, -0.05) is 71.7 Å². The van der Waals surface area contributed by atoms with E-state index >= 15 is 4.39 Å². The normalized spacial score (nSPS) is 16.4. The Hall–Kier alpha value is -3.96. The van der Waals surface area contributed by atoms with Gasteiger partial charge in [-0.25, -0.2) is 21.2 Å². The molecule has 0 saturated carbocycles. The molecule has 7 nitrogen and oxygen atoms in total. The Morgan fingerprint density at radius 2 is 1.36 bits per heavy atom. The van der Waals surface area contributed by atoms with Crippen molar-refractivity contribution in [2.45, 2.75) is 26.8 Å². The fourth-order valence-electron chi connectivity index (χ4n) is 5.42. The van der Waals surface area contributed by atoms with E-state index in [1.807, 2.05) is 0 Å². The van der Waals surface area contributed by atoms with Gasteiger partial charge in [0.1, 0.15) is 21.4 Å². The molecule has 0 amide bonds. The predicted molar refractivity (Wildman–Crippen MR) is 169 cm³/mol. The van der Waals surface area contributed by atoms with E-state index in [-0.39, 0.29) is 26.7 Å². The maximum Gasteiger partial charge on any atom is 0.260 e. The first kappa shape index (κ1) is 30.1. The van der Waals surface area contributed by atoms with Crippen LogP contribution in [0.3, 0.4) is 0 Å². The highest BCUT2D eigenvalue weighted by Crippen LogP contribution is 2.46. The van der Waals surface area contributed by atoms with Crippen molar-refractivity contribution in [3.8, 4) is 11.1 Å². The first-order valence-electron chi connectivity index (χ1n) is 13.2. The van der Waals surface area contributed by atoms with Crippen LogP contribution in [0.1, 0.15) is 23.2 Å². The third kappa shape index (κ3) is 5.32. The molecule has 2 atom stereocenters. The summed E-state index contributed by atoms with van der Waals surface area (Å²) in [5.74, 6) is -0.999. The van der Waals surface area contributed by atoms with Crippen molar-refractivity contribution in [3.05, 3.63) is 140 Å². The Bertz CT molecular complexity index is 2200. The summed E-state index contributed by atoms with van der Waals surface area (Å²) in [6.07, 6.45) is 1.03. The lowest BCUT2D eigenvalue weighted by molar-refractivity contribution is 0.552. The van der Waals surface area contributed by atoms with E-state index in [1.54, 1.807) is 48.5 Å². The monoisotopic (exact) mass is 668 g/mol. The SMILES string of the molecule is CS(=O)(=O)c1cccc(-c2cc(S(=O)(=O)c3ccccc3F)c3n(c2=O)[C@@H](c2ccc(Cl)cc2)[C@@H](c2ccc(Cl)cc2)N3)c1. The average Bonchev–Trinajstić information content (AvgIpc) is 3.39. The molecule has 1 aliphatic heterocycles. The van der Waals surface area contributed by atoms with Crippen molar-refractivity contribution in [2.75, 3.05) is 11.6 Å². The van der Waals surface area contributed by atoms with Crippen molar-refractivity contribution in [1.29, 1.82) is 0 Å². The molecule has 6 rings (SSSR count). The molecular weight excluding hydrogens is 646 g/mol. The second-order valence-electron chi connectivity index (χ2n) is 10.3. The quantitative estimate of drug-likeness (QED) is 0.210. The number of fused-ring (bicyclic) bond motifs is 1. The van der Waals surface area contributed by atoms with Gasteiger partial charge in [-0.3, -0.25) is 9.36 Å². The predicted octanol–water partition coefficient (Wildman–Crippen LogP) is 6.95. The molecule has 224 valence electrons. The Morgan fingerprint density at radius 3 is 1.98 bits per heavy atom. The van der Waals surface area contributed by atoms with Gasteiger partial charge in [0.15, 0.2) is 9.84 Å². The van der Waals surface area contributed by atoms with Gasteiger partial charge in [0.25, 0.3) is 5.56 Å². The van der Waals surface area contributed by atoms with Crippen LogP contribution in [0.5, 0.6) is 0 Å². The summed E-state index contributed by atoms with van der Waals surface area (Å²) >= 11 is 12.3. The highest BCUT2D eigenvalue weighted by atomic mass is 35.5. The third-order valence-electron chi connectivity index (χ3n) is 7.51. The summed E-state index contributed by atoms with van der Waals surface area (Å²) in [7, 11) is -8.23. The minimum Gasteiger partial charge on any atom is -0.361 e. The van der Waals surface area contributed by atoms with E-state index < -0.39 is 48.0 Å². The maximum absolute atomic E-state index is 15.0. The number of nitrogens with zero attached hydrogens (tertiary/aromatic N) is 1. The van der Waals surface area contributed by atoms with Gasteiger partial charge in [-0.15, -0.1) is 0 Å². The van der Waals surface area contributed by atoms with Gasteiger partial charge in [-0.05, 0) is 71.3 Å². The Balaban J connectivity index is 1.70. The highest BCUT2D eigenvalue weighted by molar-refractivity contribution is 7.91. The fourth-order valence-corrected chi connectivity index (χ4v) is 7.84. The first-order chi connectivity index (χ1) is 20.9. The molecule has 0 fully saturated rings. The molecule has 0 radical (unpaired) electrons. The van der Waals surface area contributed by atoms with Gasteiger partial charge in [0.2, 0.25) is 9.84 Å². The van der Waals surface area contributed by atoms with Crippen LogP contribution in [0, 0.1) is 5.82 Å². The second kappa shape index (κ2) is 11.2. The fraction of sp³-hybridized carbons (Fsp3) is 0.0938. The molecule has 0 unspecified atom stereocenters. The van der Waals surface area contributed by atoms with Gasteiger partial charge in [0.05, 0.1) is 17.0 Å². The largest absolute Gasteiger partial charge is 0.361 e. The number of sulfone groups is 2. The second-order valence-corrected chi connectivity index (χ2v) is 15.1. The van der Waals surface area contributed by atoms with E-state index in [1.165, 1.54) is 47.0 Å². The number of nitrogens with one attached hydrogen (secondary N) is 1. The van der Waals surface area contributed by atoms with Crippen LogP contribution in [-0.2, 0) is 19.7 Å². The molecule has 0 spiro atoms. The molecule has 0 bridgehead atoms. The first-order valence-corrected chi connectivity index (χ1v) is 17.4. The molecule has 0 saturated heterocycles. The summed E-state index contributed by atoms with van der Waals surface area (Å²) in [6, 6.07) is 24.1. The van der Waals surface area contributed by atoms with Crippen LogP contribution >= 0.6 is 23.2 Å². The zero-order valence-electron chi connectivity index (χ0n) is 22.9. The van der Waals surface area contributed by atoms with Crippen LogP contribution in [0.15, 0.2) is 123 Å². The van der Waals surface area contributed by atoms with Crippen LogP contribution < -0.4 is 10.9 Å². The van der Waals surface area contributed by atoms with Gasteiger partial charge < -0.3 is 5.32 Å². The van der Waals surface area contributed by atoms with Crippen molar-refractivity contribution in [3.63, 3.8) is 0 Å². The molecule has 1 N–H and O–H groups in total. The number of hydrogen-bond acceptors (Lipinski definition) is 6. The summed E-state index contributed by atoms with van der Waals surface area (Å²) in [4.78, 5) is 13.5. The zero-order chi connectivity index (χ0) is 31.4. The van der Waals surface area contributed by atoms with Crippen molar-refractivity contribution < 1.29 is 21.2 Å². The van der Waals surface area contributed by atoms with E-state index in [9.17, 15) is 21.6 Å². The number of benzene rings is 4. The lowest BCUT2D eigenvalue weighted by Crippen LogP contribution is -2.27. The van der Waals surface area contributed by atoms with E-state index in [4.69, 9.17) is 23.2 Å². The molecule has 0 aliphatic carbocycles. The van der Waals surface area contributed by atoms with Crippen molar-refractivity contribution in [2.24, 2.45) is 0 Å². The summed E-state index contributed by atoms with van der Waals surface area (Å²) < 4.78 is 69.5. The number of pyridine rings is 1. The maximum atomic E-state index is 15.0. The zero-order valence-corrected chi connectivity index (χ0v) is 26.1. The lowest BCUT2D eigenvalue weighted by atomic mass is 9.94. The van der Waals surface area contributed by atoms with Crippen LogP contribution in [0.4, 0.5) is 10.2 Å². The number of halogens is 3. The molecule has 12 heteroatoms. The molecule has 4 aromatic carbocycles. The summed E-state index contributed by atoms with van der Waals surface area (Å²) in [6.45, 7) is 0. The number of aromatic nitrogens is 1. The minimum absolute atomic E-state index is 0.0406. The molecule has 44 heavy (non-hydrogen) atoms. The lowest BCUT2D eigenvalue weighted by Gasteiger charge is -2.22. The van der Waals surface area contributed by atoms with E-state index in [0.29, 0.717) is 21.2 Å².